The fraction of sp³-hybridized carbons (Fsp3) is 0.500. The minimum absolute atomic E-state index is 0.302. The van der Waals surface area contributed by atoms with Gasteiger partial charge in [0.1, 0.15) is 12.4 Å². The zero-order valence-electron chi connectivity index (χ0n) is 9.49. The molecule has 15 heavy (non-hydrogen) atoms. The summed E-state index contributed by atoms with van der Waals surface area (Å²) in [7, 11) is 0. The van der Waals surface area contributed by atoms with Crippen LogP contribution in [0.1, 0.15) is 19.4 Å². The molecule has 0 unspecified atom stereocenters. The average molecular weight is 208 g/mol. The lowest BCUT2D eigenvalue weighted by atomic mass is 10.1. The monoisotopic (exact) mass is 208 g/mol. The highest BCUT2D eigenvalue weighted by atomic mass is 16.5. The van der Waals surface area contributed by atoms with Gasteiger partial charge in [-0.25, -0.2) is 0 Å². The van der Waals surface area contributed by atoms with Gasteiger partial charge in [-0.2, -0.15) is 0 Å². The largest absolute Gasteiger partial charge is 0.492 e. The standard InChI is InChI=1S/C12H20N2O/c1-12(2,14)9-15-11-5-3-4-10(8-11)6-7-13/h3-5,8H,6-7,9,13-14H2,1-2H3. The third kappa shape index (κ3) is 4.81. The second kappa shape index (κ2) is 5.14. The lowest BCUT2D eigenvalue weighted by molar-refractivity contribution is 0.243. The minimum Gasteiger partial charge on any atom is -0.492 e. The van der Waals surface area contributed by atoms with Crippen LogP contribution in [0.4, 0.5) is 0 Å². The van der Waals surface area contributed by atoms with Crippen molar-refractivity contribution in [2.45, 2.75) is 25.8 Å². The topological polar surface area (TPSA) is 61.3 Å². The van der Waals surface area contributed by atoms with Crippen molar-refractivity contribution in [2.75, 3.05) is 13.2 Å². The van der Waals surface area contributed by atoms with Crippen molar-refractivity contribution in [3.05, 3.63) is 29.8 Å². The van der Waals surface area contributed by atoms with Gasteiger partial charge in [0.15, 0.2) is 0 Å². The lowest BCUT2D eigenvalue weighted by Crippen LogP contribution is -2.38. The van der Waals surface area contributed by atoms with Crippen molar-refractivity contribution in [1.29, 1.82) is 0 Å². The van der Waals surface area contributed by atoms with Crippen LogP contribution in [0.25, 0.3) is 0 Å². The van der Waals surface area contributed by atoms with E-state index in [1.54, 1.807) is 0 Å². The Morgan fingerprint density at radius 3 is 2.67 bits per heavy atom. The average Bonchev–Trinajstić information content (AvgIpc) is 2.15. The van der Waals surface area contributed by atoms with Crippen molar-refractivity contribution in [3.8, 4) is 5.75 Å². The molecule has 0 saturated carbocycles. The molecule has 0 aliphatic heterocycles. The summed E-state index contributed by atoms with van der Waals surface area (Å²) < 4.78 is 5.59. The Hall–Kier alpha value is -1.06. The predicted molar refractivity (Wildman–Crippen MR) is 63.0 cm³/mol. The smallest absolute Gasteiger partial charge is 0.119 e. The molecule has 84 valence electrons. The van der Waals surface area contributed by atoms with Crippen molar-refractivity contribution < 1.29 is 4.74 Å². The molecule has 0 aromatic heterocycles. The second-order valence-corrected chi connectivity index (χ2v) is 4.46. The van der Waals surface area contributed by atoms with Crippen LogP contribution in [0.2, 0.25) is 0 Å². The fourth-order valence-electron chi connectivity index (χ4n) is 1.23. The normalized spacial score (nSPS) is 11.5. The molecular weight excluding hydrogens is 188 g/mol. The van der Waals surface area contributed by atoms with Crippen molar-refractivity contribution in [3.63, 3.8) is 0 Å². The van der Waals surface area contributed by atoms with Crippen LogP contribution in [-0.2, 0) is 6.42 Å². The van der Waals surface area contributed by atoms with Gasteiger partial charge in [0.2, 0.25) is 0 Å². The van der Waals surface area contributed by atoms with Crippen molar-refractivity contribution in [2.24, 2.45) is 11.5 Å². The van der Waals surface area contributed by atoms with Crippen LogP contribution >= 0.6 is 0 Å². The maximum absolute atomic E-state index is 5.84. The molecule has 3 heteroatoms. The summed E-state index contributed by atoms with van der Waals surface area (Å²) in [5.74, 6) is 0.861. The summed E-state index contributed by atoms with van der Waals surface area (Å²) in [5, 5.41) is 0. The number of benzene rings is 1. The Morgan fingerprint density at radius 2 is 2.07 bits per heavy atom. The molecule has 1 rings (SSSR count). The van der Waals surface area contributed by atoms with E-state index in [4.69, 9.17) is 16.2 Å². The van der Waals surface area contributed by atoms with Crippen LogP contribution in [-0.4, -0.2) is 18.7 Å². The molecule has 1 aromatic carbocycles. The first kappa shape index (κ1) is 12.0. The second-order valence-electron chi connectivity index (χ2n) is 4.46. The first-order valence-electron chi connectivity index (χ1n) is 5.22. The first-order chi connectivity index (χ1) is 7.01. The molecule has 0 atom stereocenters. The van der Waals surface area contributed by atoms with E-state index in [0.29, 0.717) is 13.2 Å². The van der Waals surface area contributed by atoms with Gasteiger partial charge in [-0.05, 0) is 44.5 Å². The van der Waals surface area contributed by atoms with E-state index in [0.717, 1.165) is 12.2 Å². The summed E-state index contributed by atoms with van der Waals surface area (Å²) in [5.41, 5.74) is 12.2. The number of hydrogen-bond acceptors (Lipinski definition) is 3. The molecule has 0 bridgehead atoms. The number of rotatable bonds is 5. The van der Waals surface area contributed by atoms with Gasteiger partial charge < -0.3 is 16.2 Å². The highest BCUT2D eigenvalue weighted by Gasteiger charge is 2.11. The Kier molecular flexibility index (Phi) is 4.12. The van der Waals surface area contributed by atoms with Crippen LogP contribution in [0.3, 0.4) is 0 Å². The molecule has 0 fully saturated rings. The number of nitrogens with two attached hydrogens (primary N) is 2. The third-order valence-electron chi connectivity index (χ3n) is 1.94. The van der Waals surface area contributed by atoms with Crippen LogP contribution in [0, 0.1) is 0 Å². The molecule has 1 aromatic rings. The molecule has 0 saturated heterocycles. The fourth-order valence-corrected chi connectivity index (χ4v) is 1.23. The Labute approximate surface area is 91.4 Å². The van der Waals surface area contributed by atoms with Gasteiger partial charge in [0.05, 0.1) is 0 Å². The molecule has 0 spiro atoms. The summed E-state index contributed by atoms with van der Waals surface area (Å²) in [6.07, 6.45) is 0.878. The van der Waals surface area contributed by atoms with Gasteiger partial charge in [0, 0.05) is 5.54 Å². The van der Waals surface area contributed by atoms with Gasteiger partial charge in [-0.1, -0.05) is 12.1 Å². The Bertz CT molecular complexity index is 305. The molecule has 0 radical (unpaired) electrons. The van der Waals surface area contributed by atoms with Crippen LogP contribution < -0.4 is 16.2 Å². The number of hydrogen-bond donors (Lipinski definition) is 2. The van der Waals surface area contributed by atoms with E-state index in [2.05, 4.69) is 0 Å². The minimum atomic E-state index is -0.302. The van der Waals surface area contributed by atoms with Gasteiger partial charge in [-0.3, -0.25) is 0 Å². The Morgan fingerprint density at radius 1 is 1.33 bits per heavy atom. The quantitative estimate of drug-likeness (QED) is 0.766. The van der Waals surface area contributed by atoms with Gasteiger partial charge in [-0.15, -0.1) is 0 Å². The van der Waals surface area contributed by atoms with E-state index in [9.17, 15) is 0 Å². The van der Waals surface area contributed by atoms with Gasteiger partial charge in [0.25, 0.3) is 0 Å². The third-order valence-corrected chi connectivity index (χ3v) is 1.94. The maximum Gasteiger partial charge on any atom is 0.119 e. The van der Waals surface area contributed by atoms with E-state index in [-0.39, 0.29) is 5.54 Å². The lowest BCUT2D eigenvalue weighted by Gasteiger charge is -2.19. The molecule has 3 nitrogen and oxygen atoms in total. The maximum atomic E-state index is 5.84. The van der Waals surface area contributed by atoms with Crippen molar-refractivity contribution in [1.82, 2.24) is 0 Å². The summed E-state index contributed by atoms with van der Waals surface area (Å²) >= 11 is 0. The highest BCUT2D eigenvalue weighted by Crippen LogP contribution is 2.14. The molecule has 0 aliphatic rings. The Balaban J connectivity index is 2.57. The van der Waals surface area contributed by atoms with Crippen molar-refractivity contribution >= 4 is 0 Å². The zero-order chi connectivity index (χ0) is 11.3. The van der Waals surface area contributed by atoms with Crippen LogP contribution in [0.15, 0.2) is 24.3 Å². The molecule has 4 N–H and O–H groups in total. The van der Waals surface area contributed by atoms with E-state index in [1.165, 1.54) is 5.56 Å². The zero-order valence-corrected chi connectivity index (χ0v) is 9.49. The molecule has 0 amide bonds. The predicted octanol–water partition coefficient (Wildman–Crippen LogP) is 1.30. The number of ether oxygens (including phenoxy) is 1. The van der Waals surface area contributed by atoms with E-state index >= 15 is 0 Å². The highest BCUT2D eigenvalue weighted by molar-refractivity contribution is 5.28. The molecule has 0 heterocycles. The summed E-state index contributed by atoms with van der Waals surface area (Å²) in [6, 6.07) is 7.97. The van der Waals surface area contributed by atoms with Crippen LogP contribution in [0.5, 0.6) is 5.75 Å². The van der Waals surface area contributed by atoms with E-state index in [1.807, 2.05) is 38.1 Å². The van der Waals surface area contributed by atoms with Gasteiger partial charge >= 0.3 is 0 Å². The summed E-state index contributed by atoms with van der Waals surface area (Å²) in [6.45, 7) is 5.05. The molecule has 0 aliphatic carbocycles. The van der Waals surface area contributed by atoms with E-state index < -0.39 is 0 Å². The summed E-state index contributed by atoms with van der Waals surface area (Å²) in [4.78, 5) is 0. The SMILES string of the molecule is CC(C)(N)COc1cccc(CCN)c1. The first-order valence-corrected chi connectivity index (χ1v) is 5.22. The molecular formula is C12H20N2O.